The Morgan fingerprint density at radius 1 is 1.20 bits per heavy atom. The third-order valence-electron chi connectivity index (χ3n) is 4.30. The molecule has 1 aliphatic carbocycles. The molecule has 1 fully saturated rings. The van der Waals surface area contributed by atoms with Crippen LogP contribution in [-0.4, -0.2) is 12.5 Å². The zero-order valence-electron chi connectivity index (χ0n) is 11.2. The van der Waals surface area contributed by atoms with Gasteiger partial charge in [-0.15, -0.1) is 0 Å². The van der Waals surface area contributed by atoms with Gasteiger partial charge in [0.15, 0.2) is 0 Å². The molecular weight excluding hydrogens is 316 g/mol. The minimum Gasteiger partial charge on any atom is -0.329 e. The topological polar surface area (TPSA) is 55.1 Å². The van der Waals surface area contributed by atoms with Crippen LogP contribution in [0.4, 0.5) is 5.69 Å². The summed E-state index contributed by atoms with van der Waals surface area (Å²) in [5.74, 6) is 0.0544. The lowest BCUT2D eigenvalue weighted by Crippen LogP contribution is -2.47. The molecule has 20 heavy (non-hydrogen) atoms. The van der Waals surface area contributed by atoms with Gasteiger partial charge in [-0.25, -0.2) is 0 Å². The molecule has 0 unspecified atom stereocenters. The van der Waals surface area contributed by atoms with Crippen LogP contribution in [0.15, 0.2) is 40.9 Å². The number of anilines is 1. The van der Waals surface area contributed by atoms with E-state index in [1.807, 2.05) is 36.4 Å². The van der Waals surface area contributed by atoms with E-state index in [1.165, 1.54) is 0 Å². The van der Waals surface area contributed by atoms with Gasteiger partial charge < -0.3 is 11.1 Å². The summed E-state index contributed by atoms with van der Waals surface area (Å²) in [6.45, 7) is 0.424. The minimum absolute atomic E-state index is 0.0544. The second kappa shape index (κ2) is 5.19. The van der Waals surface area contributed by atoms with Crippen LogP contribution in [0.2, 0.25) is 0 Å². The first-order chi connectivity index (χ1) is 9.66. The summed E-state index contributed by atoms with van der Waals surface area (Å²) in [7, 11) is 0. The fourth-order valence-corrected chi connectivity index (χ4v) is 3.23. The summed E-state index contributed by atoms with van der Waals surface area (Å²) >= 11 is 3.54. The van der Waals surface area contributed by atoms with Crippen LogP contribution in [0.3, 0.4) is 0 Å². The maximum atomic E-state index is 12.5. The van der Waals surface area contributed by atoms with Gasteiger partial charge in [-0.05, 0) is 30.4 Å². The van der Waals surface area contributed by atoms with Gasteiger partial charge in [0.2, 0.25) is 5.91 Å². The predicted molar refractivity (Wildman–Crippen MR) is 85.6 cm³/mol. The second-order valence-corrected chi connectivity index (χ2v) is 6.29. The van der Waals surface area contributed by atoms with Gasteiger partial charge in [0.05, 0.1) is 5.41 Å². The lowest BCUT2D eigenvalue weighted by molar-refractivity contribution is -0.129. The van der Waals surface area contributed by atoms with Crippen LogP contribution >= 0.6 is 15.9 Å². The van der Waals surface area contributed by atoms with Gasteiger partial charge in [-0.1, -0.05) is 46.6 Å². The standard InChI is InChI=1S/C16H17BrN2O/c17-13-6-7-14(12-5-2-1-4-11(12)13)19-15(20)16(10-18)8-3-9-16/h1-2,4-7H,3,8-10,18H2,(H,19,20). The van der Waals surface area contributed by atoms with Crippen LogP contribution in [0.5, 0.6) is 0 Å². The minimum atomic E-state index is -0.353. The molecule has 2 aromatic carbocycles. The number of benzene rings is 2. The predicted octanol–water partition coefficient (Wildman–Crippen LogP) is 3.67. The van der Waals surface area contributed by atoms with E-state index in [0.717, 1.165) is 40.2 Å². The summed E-state index contributed by atoms with van der Waals surface area (Å²) in [4.78, 5) is 12.5. The molecule has 3 rings (SSSR count). The van der Waals surface area contributed by atoms with Crippen molar-refractivity contribution in [1.82, 2.24) is 0 Å². The van der Waals surface area contributed by atoms with Crippen molar-refractivity contribution >= 4 is 38.3 Å². The number of halogens is 1. The number of rotatable bonds is 3. The molecule has 0 bridgehead atoms. The van der Waals surface area contributed by atoms with Gasteiger partial charge in [0, 0.05) is 22.1 Å². The van der Waals surface area contributed by atoms with E-state index in [1.54, 1.807) is 0 Å². The summed E-state index contributed by atoms with van der Waals surface area (Å²) in [5.41, 5.74) is 6.29. The lowest BCUT2D eigenvalue weighted by Gasteiger charge is -2.39. The van der Waals surface area contributed by atoms with E-state index in [-0.39, 0.29) is 11.3 Å². The van der Waals surface area contributed by atoms with Crippen molar-refractivity contribution in [2.24, 2.45) is 11.1 Å². The quantitative estimate of drug-likeness (QED) is 0.900. The summed E-state index contributed by atoms with van der Waals surface area (Å²) in [5, 5.41) is 5.21. The smallest absolute Gasteiger partial charge is 0.231 e. The van der Waals surface area contributed by atoms with Crippen LogP contribution < -0.4 is 11.1 Å². The fraction of sp³-hybridized carbons (Fsp3) is 0.312. The van der Waals surface area contributed by atoms with E-state index in [4.69, 9.17) is 5.73 Å². The van der Waals surface area contributed by atoms with Crippen LogP contribution in [0.25, 0.3) is 10.8 Å². The maximum Gasteiger partial charge on any atom is 0.231 e. The van der Waals surface area contributed by atoms with Gasteiger partial charge in [0.25, 0.3) is 0 Å². The molecule has 0 aliphatic heterocycles. The van der Waals surface area contributed by atoms with Crippen molar-refractivity contribution in [3.8, 4) is 0 Å². The number of hydrogen-bond donors (Lipinski definition) is 2. The first-order valence-electron chi connectivity index (χ1n) is 6.85. The van der Waals surface area contributed by atoms with Crippen LogP contribution in [0.1, 0.15) is 19.3 Å². The van der Waals surface area contributed by atoms with Gasteiger partial charge in [-0.3, -0.25) is 4.79 Å². The average Bonchev–Trinajstić information content (AvgIpc) is 2.42. The van der Waals surface area contributed by atoms with Crippen molar-refractivity contribution < 1.29 is 4.79 Å². The number of nitrogens with one attached hydrogen (secondary N) is 1. The highest BCUT2D eigenvalue weighted by Crippen LogP contribution is 2.41. The van der Waals surface area contributed by atoms with Crippen molar-refractivity contribution in [3.05, 3.63) is 40.9 Å². The molecule has 3 nitrogen and oxygen atoms in total. The Labute approximate surface area is 126 Å². The van der Waals surface area contributed by atoms with Crippen molar-refractivity contribution in [3.63, 3.8) is 0 Å². The molecule has 0 atom stereocenters. The lowest BCUT2D eigenvalue weighted by atomic mass is 9.68. The third-order valence-corrected chi connectivity index (χ3v) is 4.99. The van der Waals surface area contributed by atoms with E-state index in [2.05, 4.69) is 21.2 Å². The van der Waals surface area contributed by atoms with Crippen molar-refractivity contribution in [1.29, 1.82) is 0 Å². The summed E-state index contributed by atoms with van der Waals surface area (Å²) in [6, 6.07) is 11.9. The zero-order chi connectivity index (χ0) is 14.2. The van der Waals surface area contributed by atoms with E-state index in [9.17, 15) is 4.79 Å². The molecule has 0 heterocycles. The zero-order valence-corrected chi connectivity index (χ0v) is 12.7. The highest BCUT2D eigenvalue weighted by atomic mass is 79.9. The van der Waals surface area contributed by atoms with Crippen LogP contribution in [-0.2, 0) is 4.79 Å². The SMILES string of the molecule is NCC1(C(=O)Nc2ccc(Br)c3ccccc23)CCC1. The molecule has 3 N–H and O–H groups in total. The molecular formula is C16H17BrN2O. The molecule has 0 aromatic heterocycles. The number of nitrogens with two attached hydrogens (primary N) is 1. The second-order valence-electron chi connectivity index (χ2n) is 5.43. The normalized spacial score (nSPS) is 16.7. The summed E-state index contributed by atoms with van der Waals surface area (Å²) < 4.78 is 1.03. The van der Waals surface area contributed by atoms with Crippen molar-refractivity contribution in [2.45, 2.75) is 19.3 Å². The first kappa shape index (κ1) is 13.6. The fourth-order valence-electron chi connectivity index (χ4n) is 2.75. The molecule has 1 amide bonds. The molecule has 104 valence electrons. The van der Waals surface area contributed by atoms with Gasteiger partial charge >= 0.3 is 0 Å². The number of carbonyl (C=O) groups excluding carboxylic acids is 1. The number of carbonyl (C=O) groups is 1. The van der Waals surface area contributed by atoms with E-state index < -0.39 is 0 Å². The molecule has 2 aromatic rings. The molecule has 1 saturated carbocycles. The largest absolute Gasteiger partial charge is 0.329 e. The number of fused-ring (bicyclic) bond motifs is 1. The highest BCUT2D eigenvalue weighted by molar-refractivity contribution is 9.10. The maximum absolute atomic E-state index is 12.5. The van der Waals surface area contributed by atoms with Gasteiger partial charge in [0.1, 0.15) is 0 Å². The molecule has 4 heteroatoms. The first-order valence-corrected chi connectivity index (χ1v) is 7.64. The Kier molecular flexibility index (Phi) is 3.52. The number of hydrogen-bond acceptors (Lipinski definition) is 2. The third kappa shape index (κ3) is 2.13. The Balaban J connectivity index is 1.95. The van der Waals surface area contributed by atoms with Gasteiger partial charge in [-0.2, -0.15) is 0 Å². The molecule has 1 aliphatic rings. The number of amides is 1. The average molecular weight is 333 g/mol. The Hall–Kier alpha value is -1.39. The Bertz CT molecular complexity index is 659. The molecule has 0 saturated heterocycles. The Morgan fingerprint density at radius 3 is 2.50 bits per heavy atom. The molecule has 0 spiro atoms. The van der Waals surface area contributed by atoms with Crippen LogP contribution in [0, 0.1) is 5.41 Å². The molecule has 0 radical (unpaired) electrons. The van der Waals surface area contributed by atoms with E-state index >= 15 is 0 Å². The van der Waals surface area contributed by atoms with Crippen molar-refractivity contribution in [2.75, 3.05) is 11.9 Å². The monoisotopic (exact) mass is 332 g/mol. The Morgan fingerprint density at radius 2 is 1.90 bits per heavy atom. The van der Waals surface area contributed by atoms with E-state index in [0.29, 0.717) is 6.54 Å². The highest BCUT2D eigenvalue weighted by Gasteiger charge is 2.42. The summed E-state index contributed by atoms with van der Waals surface area (Å²) in [6.07, 6.45) is 2.87.